The van der Waals surface area contributed by atoms with Crippen LogP contribution >= 0.6 is 0 Å². The van der Waals surface area contributed by atoms with E-state index >= 15 is 0 Å². The summed E-state index contributed by atoms with van der Waals surface area (Å²) in [4.78, 5) is 2.59. The van der Waals surface area contributed by atoms with E-state index in [0.29, 0.717) is 0 Å². The van der Waals surface area contributed by atoms with Gasteiger partial charge in [-0.2, -0.15) is 0 Å². The lowest BCUT2D eigenvalue weighted by Gasteiger charge is -2.29. The maximum atomic E-state index is 2.59. The van der Waals surface area contributed by atoms with Gasteiger partial charge in [0.1, 0.15) is 0 Å². The molecule has 0 fully saturated rings. The molecule has 0 aromatic carbocycles. The molecular weight excluding hydrogens is 146 g/mol. The lowest BCUT2D eigenvalue weighted by atomic mass is 10.1. The third-order valence-electron chi connectivity index (χ3n) is 2.57. The molecule has 0 radical (unpaired) electrons. The number of hydrogen-bond donors (Lipinski definition) is 0. The van der Waals surface area contributed by atoms with E-state index in [0.717, 1.165) is 6.04 Å². The maximum Gasteiger partial charge on any atom is 0.00948 e. The number of rotatable bonds is 7. The van der Waals surface area contributed by atoms with E-state index in [9.17, 15) is 0 Å². The molecule has 0 atom stereocenters. The molecule has 0 saturated heterocycles. The Bertz CT molecular complexity index is 81.0. The monoisotopic (exact) mass is 171 g/mol. The molecule has 0 aliphatic carbocycles. The molecule has 12 heavy (non-hydrogen) atoms. The van der Waals surface area contributed by atoms with Crippen molar-refractivity contribution in [2.24, 2.45) is 0 Å². The van der Waals surface area contributed by atoms with Gasteiger partial charge in [0.2, 0.25) is 0 Å². The van der Waals surface area contributed by atoms with Gasteiger partial charge in [0, 0.05) is 6.04 Å². The quantitative estimate of drug-likeness (QED) is 0.568. The fraction of sp³-hybridized carbons (Fsp3) is 1.00. The predicted molar refractivity (Wildman–Crippen MR) is 56.5 cm³/mol. The predicted octanol–water partition coefficient (Wildman–Crippen LogP) is 3.30. The summed E-state index contributed by atoms with van der Waals surface area (Å²) in [6, 6.07) is 0.843. The second-order valence-corrected chi connectivity index (χ2v) is 3.45. The lowest BCUT2D eigenvalue weighted by molar-refractivity contribution is 0.193. The van der Waals surface area contributed by atoms with E-state index in [1.165, 1.54) is 38.8 Å². The molecule has 0 rings (SSSR count). The molecule has 74 valence electrons. The van der Waals surface area contributed by atoms with E-state index in [2.05, 4.69) is 32.6 Å². The highest BCUT2D eigenvalue weighted by Crippen LogP contribution is 2.12. The topological polar surface area (TPSA) is 3.24 Å². The summed E-state index contributed by atoms with van der Waals surface area (Å²) in [5.41, 5.74) is 0. The second kappa shape index (κ2) is 7.60. The Kier molecular flexibility index (Phi) is 7.58. The molecule has 0 aliphatic heterocycles. The van der Waals surface area contributed by atoms with Crippen LogP contribution in [0.3, 0.4) is 0 Å². The van der Waals surface area contributed by atoms with Gasteiger partial charge in [-0.05, 0) is 25.9 Å². The fourth-order valence-electron chi connectivity index (χ4n) is 1.92. The molecule has 0 aromatic rings. The van der Waals surface area contributed by atoms with Crippen LogP contribution in [-0.4, -0.2) is 24.0 Å². The van der Waals surface area contributed by atoms with Crippen molar-refractivity contribution in [1.29, 1.82) is 0 Å². The molecule has 0 saturated carbocycles. The van der Waals surface area contributed by atoms with Crippen molar-refractivity contribution >= 4 is 0 Å². The Balaban J connectivity index is 3.86. The summed E-state index contributed by atoms with van der Waals surface area (Å²) in [6.07, 6.45) is 5.38. The van der Waals surface area contributed by atoms with E-state index in [-0.39, 0.29) is 0 Å². The molecule has 0 N–H and O–H groups in total. The van der Waals surface area contributed by atoms with Crippen LogP contribution in [0.2, 0.25) is 0 Å². The van der Waals surface area contributed by atoms with E-state index < -0.39 is 0 Å². The summed E-state index contributed by atoms with van der Waals surface area (Å²) >= 11 is 0. The highest BCUT2D eigenvalue weighted by atomic mass is 15.1. The van der Waals surface area contributed by atoms with Gasteiger partial charge in [0.05, 0.1) is 0 Å². The Morgan fingerprint density at radius 1 is 0.833 bits per heavy atom. The van der Waals surface area contributed by atoms with Gasteiger partial charge in [-0.3, -0.25) is 0 Å². The van der Waals surface area contributed by atoms with Gasteiger partial charge < -0.3 is 4.90 Å². The first-order chi connectivity index (χ1) is 5.79. The van der Waals surface area contributed by atoms with E-state index in [1.807, 2.05) is 0 Å². The zero-order valence-electron chi connectivity index (χ0n) is 9.27. The van der Waals surface area contributed by atoms with Crippen LogP contribution in [0.4, 0.5) is 0 Å². The molecule has 1 heteroatoms. The standard InChI is InChI=1S/C11H25N/c1-5-9-11(10-6-2)12(7-3)8-4/h11H,5-10H2,1-4H3. The van der Waals surface area contributed by atoms with Crippen molar-refractivity contribution in [2.75, 3.05) is 13.1 Å². The Morgan fingerprint density at radius 3 is 1.50 bits per heavy atom. The van der Waals surface area contributed by atoms with Gasteiger partial charge in [-0.25, -0.2) is 0 Å². The largest absolute Gasteiger partial charge is 0.301 e. The summed E-state index contributed by atoms with van der Waals surface area (Å²) in [7, 11) is 0. The minimum atomic E-state index is 0.843. The van der Waals surface area contributed by atoms with Gasteiger partial charge in [0.15, 0.2) is 0 Å². The first kappa shape index (κ1) is 12.0. The molecule has 0 bridgehead atoms. The second-order valence-electron chi connectivity index (χ2n) is 3.45. The summed E-state index contributed by atoms with van der Waals surface area (Å²) in [6.45, 7) is 11.5. The lowest BCUT2D eigenvalue weighted by Crippen LogP contribution is -2.34. The van der Waals surface area contributed by atoms with Crippen molar-refractivity contribution in [3.8, 4) is 0 Å². The minimum absolute atomic E-state index is 0.843. The SMILES string of the molecule is CCCC(CCC)N(CC)CC. The van der Waals surface area contributed by atoms with Crippen LogP contribution in [0.1, 0.15) is 53.4 Å². The van der Waals surface area contributed by atoms with Crippen LogP contribution in [-0.2, 0) is 0 Å². The molecule has 0 heterocycles. The molecule has 1 nitrogen and oxygen atoms in total. The summed E-state index contributed by atoms with van der Waals surface area (Å²) < 4.78 is 0. The first-order valence-corrected chi connectivity index (χ1v) is 5.54. The maximum absolute atomic E-state index is 2.59. The molecule has 0 aliphatic rings. The van der Waals surface area contributed by atoms with Crippen LogP contribution < -0.4 is 0 Å². The molecule has 0 unspecified atom stereocenters. The normalized spacial score (nSPS) is 11.5. The average Bonchev–Trinajstić information content (AvgIpc) is 2.07. The van der Waals surface area contributed by atoms with Crippen LogP contribution in [0.15, 0.2) is 0 Å². The third-order valence-corrected chi connectivity index (χ3v) is 2.57. The zero-order chi connectivity index (χ0) is 9.40. The summed E-state index contributed by atoms with van der Waals surface area (Å²) in [5, 5.41) is 0. The Morgan fingerprint density at radius 2 is 1.25 bits per heavy atom. The Labute approximate surface area is 78.1 Å². The molecule has 0 spiro atoms. The number of hydrogen-bond acceptors (Lipinski definition) is 1. The van der Waals surface area contributed by atoms with Crippen LogP contribution in [0.25, 0.3) is 0 Å². The van der Waals surface area contributed by atoms with E-state index in [1.54, 1.807) is 0 Å². The molecular formula is C11H25N. The fourth-order valence-corrected chi connectivity index (χ4v) is 1.92. The van der Waals surface area contributed by atoms with Gasteiger partial charge in [-0.15, -0.1) is 0 Å². The first-order valence-electron chi connectivity index (χ1n) is 5.54. The molecule has 0 amide bonds. The number of nitrogens with zero attached hydrogens (tertiary/aromatic N) is 1. The average molecular weight is 171 g/mol. The van der Waals surface area contributed by atoms with Crippen molar-refractivity contribution in [1.82, 2.24) is 4.90 Å². The summed E-state index contributed by atoms with van der Waals surface area (Å²) in [5.74, 6) is 0. The van der Waals surface area contributed by atoms with Crippen molar-refractivity contribution in [3.63, 3.8) is 0 Å². The minimum Gasteiger partial charge on any atom is -0.301 e. The highest BCUT2D eigenvalue weighted by molar-refractivity contribution is 4.68. The van der Waals surface area contributed by atoms with Gasteiger partial charge >= 0.3 is 0 Å². The van der Waals surface area contributed by atoms with Crippen molar-refractivity contribution < 1.29 is 0 Å². The third kappa shape index (κ3) is 4.10. The van der Waals surface area contributed by atoms with E-state index in [4.69, 9.17) is 0 Å². The van der Waals surface area contributed by atoms with Crippen LogP contribution in [0.5, 0.6) is 0 Å². The zero-order valence-corrected chi connectivity index (χ0v) is 9.27. The van der Waals surface area contributed by atoms with Gasteiger partial charge in [-0.1, -0.05) is 40.5 Å². The van der Waals surface area contributed by atoms with Crippen molar-refractivity contribution in [2.45, 2.75) is 59.4 Å². The highest BCUT2D eigenvalue weighted by Gasteiger charge is 2.12. The van der Waals surface area contributed by atoms with Crippen molar-refractivity contribution in [3.05, 3.63) is 0 Å². The smallest absolute Gasteiger partial charge is 0.00948 e. The van der Waals surface area contributed by atoms with Crippen LogP contribution in [0, 0.1) is 0 Å². The Hall–Kier alpha value is -0.0400. The molecule has 0 aromatic heterocycles. The van der Waals surface area contributed by atoms with Gasteiger partial charge in [0.25, 0.3) is 0 Å².